The minimum absolute atomic E-state index is 0.0200. The Morgan fingerprint density at radius 3 is 2.11 bits per heavy atom. The lowest BCUT2D eigenvalue weighted by Crippen LogP contribution is -2.55. The van der Waals surface area contributed by atoms with E-state index in [-0.39, 0.29) is 84.9 Å². The zero-order chi connectivity index (χ0) is 60.0. The molecule has 6 rings (SSSR count). The Hall–Kier alpha value is -6.47. The van der Waals surface area contributed by atoms with Crippen LogP contribution in [0.3, 0.4) is 0 Å². The lowest BCUT2D eigenvalue weighted by atomic mass is 9.83. The van der Waals surface area contributed by atoms with Crippen LogP contribution in [0.4, 0.5) is 10.5 Å². The van der Waals surface area contributed by atoms with E-state index in [0.717, 1.165) is 30.4 Å². The van der Waals surface area contributed by atoms with Crippen LogP contribution in [0.25, 0.3) is 0 Å². The number of nitrogens with zero attached hydrogens (tertiary/aromatic N) is 4. The molecule has 2 aromatic rings. The van der Waals surface area contributed by atoms with Crippen LogP contribution >= 0.6 is 0 Å². The van der Waals surface area contributed by atoms with Crippen molar-refractivity contribution in [2.24, 2.45) is 29.6 Å². The fourth-order valence-electron chi connectivity index (χ4n) is 12.5. The number of piperidine rings is 1. The molecule has 8 amide bonds. The predicted molar refractivity (Wildman–Crippen MR) is 310 cm³/mol. The van der Waals surface area contributed by atoms with E-state index in [4.69, 9.17) is 14.2 Å². The molecule has 0 unspecified atom stereocenters. The van der Waals surface area contributed by atoms with Crippen LogP contribution in [-0.4, -0.2) is 155 Å². The van der Waals surface area contributed by atoms with Crippen molar-refractivity contribution >= 4 is 58.9 Å². The zero-order valence-corrected chi connectivity index (χ0v) is 50.3. The first-order valence-corrected chi connectivity index (χ1v) is 29.7. The molecule has 1 aliphatic carbocycles. The Balaban J connectivity index is 1.06. The Morgan fingerprint density at radius 2 is 1.49 bits per heavy atom. The minimum Gasteiger partial charge on any atom is -0.444 e. The largest absolute Gasteiger partial charge is 0.444 e. The fraction of sp³-hybridized carbons (Fsp3) is 0.635. The van der Waals surface area contributed by atoms with Gasteiger partial charge in [-0.2, -0.15) is 0 Å². The van der Waals surface area contributed by atoms with Crippen molar-refractivity contribution in [1.82, 2.24) is 30.2 Å². The van der Waals surface area contributed by atoms with Gasteiger partial charge in [0, 0.05) is 90.0 Å². The lowest BCUT2D eigenvalue weighted by Gasteiger charge is -2.41. The second-order valence-electron chi connectivity index (χ2n) is 24.4. The van der Waals surface area contributed by atoms with E-state index in [2.05, 4.69) is 16.0 Å². The monoisotopic (exact) mass is 1140 g/mol. The van der Waals surface area contributed by atoms with Gasteiger partial charge in [0.2, 0.25) is 29.5 Å². The predicted octanol–water partition coefficient (Wildman–Crippen LogP) is 7.39. The maximum atomic E-state index is 14.8. The number of carbonyl (C=O) groups is 9. The van der Waals surface area contributed by atoms with Gasteiger partial charge >= 0.3 is 6.09 Å². The highest BCUT2D eigenvalue weighted by molar-refractivity contribution is 6.12. The maximum Gasteiger partial charge on any atom is 0.411 e. The Bertz CT molecular complexity index is 2570. The summed E-state index contributed by atoms with van der Waals surface area (Å²) in [6.45, 7) is 16.1. The first kappa shape index (κ1) is 64.7. The van der Waals surface area contributed by atoms with Gasteiger partial charge in [0.15, 0.2) is 5.78 Å². The van der Waals surface area contributed by atoms with E-state index in [0.29, 0.717) is 63.7 Å². The molecule has 0 spiro atoms. The minimum atomic E-state index is -0.985. The van der Waals surface area contributed by atoms with Gasteiger partial charge in [0.25, 0.3) is 11.8 Å². The van der Waals surface area contributed by atoms with Crippen molar-refractivity contribution in [2.75, 3.05) is 39.7 Å². The number of ether oxygens (including phenoxy) is 3. The van der Waals surface area contributed by atoms with Crippen molar-refractivity contribution in [1.29, 1.82) is 0 Å². The van der Waals surface area contributed by atoms with E-state index < -0.39 is 71.7 Å². The van der Waals surface area contributed by atoms with Gasteiger partial charge in [-0.1, -0.05) is 89.9 Å². The second kappa shape index (κ2) is 29.7. The average molecular weight is 1140 g/mol. The van der Waals surface area contributed by atoms with Crippen LogP contribution in [0.1, 0.15) is 144 Å². The third kappa shape index (κ3) is 16.8. The standard InChI is InChI=1S/C63H91N7O12/c1-12-40(4)56(67(9)61(78)47(39(2)3)36-50(71)57-44-26-29-46(35-44)70(57)62(79)82-63(6,7)8)51(80-10)37-55(75)68-33-19-22-49(68)58(81-11)41(5)59(76)66-48(34-42-20-15-13-16-21-42)60(77)65-45-27-24-43(25-28-45)38-64-52(72)23-17-14-18-32-69-53(73)30-31-54(69)74/h13,15-16,20-21,24-25,27-28,30-31,39-41,44,46-49,51,56-58H,12,14,17-19,22-23,26,29,32-38H2,1-11H3,(H,64,72)(H,65,77)(H,66,76)/t40-,41+,44-,46+,47-,48-,49-,51+,56-,57-,58+/m0/s1. The summed E-state index contributed by atoms with van der Waals surface area (Å²) >= 11 is 0. The molecule has 3 N–H and O–H groups in total. The highest BCUT2D eigenvalue weighted by Crippen LogP contribution is 2.44. The second-order valence-corrected chi connectivity index (χ2v) is 24.4. The van der Waals surface area contributed by atoms with Crippen molar-refractivity contribution in [3.05, 3.63) is 77.9 Å². The van der Waals surface area contributed by atoms with E-state index >= 15 is 0 Å². The van der Waals surface area contributed by atoms with Crippen LogP contribution in [0.2, 0.25) is 0 Å². The van der Waals surface area contributed by atoms with Crippen molar-refractivity contribution < 1.29 is 57.4 Å². The summed E-state index contributed by atoms with van der Waals surface area (Å²) < 4.78 is 18.0. The molecule has 0 aromatic heterocycles. The lowest BCUT2D eigenvalue weighted by molar-refractivity contribution is -0.149. The molecule has 0 radical (unpaired) electrons. The zero-order valence-electron chi connectivity index (χ0n) is 50.3. The number of rotatable bonds is 29. The Labute approximate surface area is 485 Å². The number of hydrogen-bond acceptors (Lipinski definition) is 12. The SMILES string of the molecule is CC[C@H](C)[C@@H]([C@@H](CC(=O)N1CCC[C@H]1[C@H](OC)[C@@H](C)C(=O)N[C@@H](Cc1ccccc1)C(=O)Nc1ccc(CNC(=O)CCCCCN2C(=O)C=CC2=O)cc1)OC)N(C)C(=O)[C@@H](CC(=O)[C@@H]1[C@H]2CC[C@H](C2)N1C(=O)OC(C)(C)C)C(C)C. The Kier molecular flexibility index (Phi) is 23.4. The smallest absolute Gasteiger partial charge is 0.411 e. The van der Waals surface area contributed by atoms with Crippen LogP contribution < -0.4 is 16.0 Å². The van der Waals surface area contributed by atoms with Gasteiger partial charge in [0.05, 0.1) is 42.7 Å². The number of ketones is 1. The number of likely N-dealkylation sites (tertiary alicyclic amines) is 2. The van der Waals surface area contributed by atoms with Crippen LogP contribution in [0, 0.1) is 29.6 Å². The molecule has 11 atom stereocenters. The third-order valence-corrected chi connectivity index (χ3v) is 17.1. The molecule has 3 fully saturated rings. The number of nitrogens with one attached hydrogen (secondary N) is 3. The molecule has 19 heteroatoms. The van der Waals surface area contributed by atoms with Gasteiger partial charge in [-0.15, -0.1) is 0 Å². The molecule has 4 aliphatic rings. The highest BCUT2D eigenvalue weighted by Gasteiger charge is 2.53. The number of unbranched alkanes of at least 4 members (excludes halogenated alkanes) is 2. The third-order valence-electron chi connectivity index (χ3n) is 17.1. The maximum absolute atomic E-state index is 14.8. The first-order valence-electron chi connectivity index (χ1n) is 29.7. The molecular weight excluding hydrogens is 1050 g/mol. The number of carbonyl (C=O) groups excluding carboxylic acids is 9. The molecule has 2 saturated heterocycles. The van der Waals surface area contributed by atoms with E-state index in [1.54, 1.807) is 60.0 Å². The van der Waals surface area contributed by atoms with Crippen molar-refractivity contribution in [2.45, 2.75) is 193 Å². The average Bonchev–Trinajstić information content (AvgIpc) is 4.43. The molecule has 2 bridgehead atoms. The summed E-state index contributed by atoms with van der Waals surface area (Å²) in [5, 5.41) is 8.86. The van der Waals surface area contributed by atoms with Crippen LogP contribution in [-0.2, 0) is 65.5 Å². The van der Waals surface area contributed by atoms with E-state index in [1.165, 1.54) is 24.2 Å². The Morgan fingerprint density at radius 1 is 0.805 bits per heavy atom. The number of Topliss-reactive ketones (excluding diaryl/α,β-unsaturated/α-hetero) is 1. The number of amides is 8. The molecule has 2 aromatic carbocycles. The van der Waals surface area contributed by atoms with E-state index in [9.17, 15) is 43.2 Å². The molecule has 1 saturated carbocycles. The number of fused-ring (bicyclic) bond motifs is 2. The molecule has 82 heavy (non-hydrogen) atoms. The van der Waals surface area contributed by atoms with Gasteiger partial charge in [0.1, 0.15) is 11.6 Å². The number of methoxy groups -OCH3 is 2. The van der Waals surface area contributed by atoms with Crippen molar-refractivity contribution in [3.8, 4) is 0 Å². The number of imide groups is 1. The highest BCUT2D eigenvalue weighted by atomic mass is 16.6. The molecular formula is C63H91N7O12. The molecule has 450 valence electrons. The summed E-state index contributed by atoms with van der Waals surface area (Å²) in [6, 6.07) is 13.7. The van der Waals surface area contributed by atoms with Gasteiger partial charge in [-0.25, -0.2) is 4.79 Å². The molecule has 3 aliphatic heterocycles. The normalized spacial score (nSPS) is 21.2. The molecule has 19 nitrogen and oxygen atoms in total. The quantitative estimate of drug-likeness (QED) is 0.0535. The number of anilines is 1. The summed E-state index contributed by atoms with van der Waals surface area (Å²) in [7, 11) is 4.79. The van der Waals surface area contributed by atoms with E-state index in [1.807, 2.05) is 78.8 Å². The first-order chi connectivity index (χ1) is 39.0. The summed E-state index contributed by atoms with van der Waals surface area (Å²) in [6.07, 6.45) is 7.21. The summed E-state index contributed by atoms with van der Waals surface area (Å²) in [4.78, 5) is 128. The topological polar surface area (TPSA) is 230 Å². The number of hydrogen-bond donors (Lipinski definition) is 3. The van der Waals surface area contributed by atoms with Crippen molar-refractivity contribution in [3.63, 3.8) is 0 Å². The van der Waals surface area contributed by atoms with Gasteiger partial charge in [-0.05, 0) is 107 Å². The van der Waals surface area contributed by atoms with Crippen LogP contribution in [0.5, 0.6) is 0 Å². The molecule has 3 heterocycles. The summed E-state index contributed by atoms with van der Waals surface area (Å²) in [5.41, 5.74) is 1.42. The number of benzene rings is 2. The van der Waals surface area contributed by atoms with Gasteiger partial charge < -0.3 is 40.0 Å². The summed E-state index contributed by atoms with van der Waals surface area (Å²) in [5.74, 6) is -3.96. The fourth-order valence-corrected chi connectivity index (χ4v) is 12.5. The number of likely N-dealkylation sites (N-methyl/N-ethyl adjacent to an activating group) is 1. The van der Waals surface area contributed by atoms with Crippen LogP contribution in [0.15, 0.2) is 66.7 Å². The van der Waals surface area contributed by atoms with Gasteiger partial charge in [-0.3, -0.25) is 48.2 Å².